The van der Waals surface area contributed by atoms with Gasteiger partial charge in [0.15, 0.2) is 0 Å². The lowest BCUT2D eigenvalue weighted by Crippen LogP contribution is -1.91. The molecule has 0 N–H and O–H groups in total. The molecule has 0 aliphatic heterocycles. The Bertz CT molecular complexity index is 3040. The van der Waals surface area contributed by atoms with E-state index in [2.05, 4.69) is 30.3 Å². The van der Waals surface area contributed by atoms with Gasteiger partial charge in [-0.1, -0.05) is 127 Å². The summed E-state index contributed by atoms with van der Waals surface area (Å²) in [5, 5.41) is 5.28. The third-order valence-corrected chi connectivity index (χ3v) is 7.98. The van der Waals surface area contributed by atoms with Gasteiger partial charge >= 0.3 is 0 Å². The first kappa shape index (κ1) is 15.5. The maximum Gasteiger partial charge on any atom is 0.136 e. The van der Waals surface area contributed by atoms with Crippen LogP contribution in [0.3, 0.4) is 0 Å². The maximum absolute atomic E-state index is 9.68. The van der Waals surface area contributed by atoms with Gasteiger partial charge in [-0.25, -0.2) is 0 Å². The molecular formula is C42H26O. The highest BCUT2D eigenvalue weighted by Crippen LogP contribution is 2.45. The molecule has 200 valence electrons. The van der Waals surface area contributed by atoms with Crippen molar-refractivity contribution >= 4 is 54.3 Å². The van der Waals surface area contributed by atoms with Gasteiger partial charge in [0.05, 0.1) is 15.1 Å². The van der Waals surface area contributed by atoms with Crippen LogP contribution in [0.4, 0.5) is 0 Å². The number of hydrogen-bond acceptors (Lipinski definition) is 1. The molecule has 0 amide bonds. The molecular weight excluding hydrogens is 520 g/mol. The fraction of sp³-hybridized carbons (Fsp3) is 0. The molecule has 43 heavy (non-hydrogen) atoms. The van der Waals surface area contributed by atoms with Crippen LogP contribution in [0.1, 0.15) is 15.1 Å². The molecule has 0 saturated heterocycles. The standard InChI is InChI=1S/C42H26O/c1-2-10-27(11-3-1)30-20-22-33-38-25-32(21-23-39(38)43-40(33)26-30)42-36-16-8-6-14-34(36)41(35-15-7-9-17-37(35)42)31-19-18-28-12-4-5-13-29(28)24-31/h1-26H/i1D,2D,3D,10D,11D,20D,21D,22D,23D,25D,26D. The second-order valence-corrected chi connectivity index (χ2v) is 10.4. The first-order chi connectivity index (χ1) is 25.9. The normalized spacial score (nSPS) is 15.3. The Morgan fingerprint density at radius 3 is 1.74 bits per heavy atom. The van der Waals surface area contributed by atoms with Crippen molar-refractivity contribution in [3.05, 3.63) is 157 Å². The average molecular weight is 558 g/mol. The van der Waals surface area contributed by atoms with Gasteiger partial charge in [0.1, 0.15) is 11.2 Å². The number of rotatable bonds is 3. The highest BCUT2D eigenvalue weighted by Gasteiger charge is 2.18. The lowest BCUT2D eigenvalue weighted by atomic mass is 9.85. The zero-order chi connectivity index (χ0) is 37.9. The van der Waals surface area contributed by atoms with Crippen molar-refractivity contribution in [1.29, 1.82) is 0 Å². The maximum atomic E-state index is 9.68. The average Bonchev–Trinajstić information content (AvgIpc) is 3.60. The van der Waals surface area contributed by atoms with Crippen LogP contribution in [-0.2, 0) is 0 Å². The molecule has 0 saturated carbocycles. The number of benzene rings is 8. The third kappa shape index (κ3) is 3.79. The smallest absolute Gasteiger partial charge is 0.136 e. The fourth-order valence-corrected chi connectivity index (χ4v) is 6.07. The summed E-state index contributed by atoms with van der Waals surface area (Å²) in [5.41, 5.74) is 1.31. The predicted molar refractivity (Wildman–Crippen MR) is 183 cm³/mol. The summed E-state index contributed by atoms with van der Waals surface area (Å²) < 4.78 is 103. The second kappa shape index (κ2) is 9.44. The first-order valence-corrected chi connectivity index (χ1v) is 13.9. The van der Waals surface area contributed by atoms with Crippen LogP contribution in [0.25, 0.3) is 87.6 Å². The van der Waals surface area contributed by atoms with Crippen molar-refractivity contribution in [2.45, 2.75) is 0 Å². The summed E-state index contributed by atoms with van der Waals surface area (Å²) in [6.07, 6.45) is 0. The zero-order valence-corrected chi connectivity index (χ0v) is 22.6. The van der Waals surface area contributed by atoms with Gasteiger partial charge in [0.2, 0.25) is 0 Å². The molecule has 0 unspecified atom stereocenters. The van der Waals surface area contributed by atoms with Crippen LogP contribution in [-0.4, -0.2) is 0 Å². The molecule has 9 rings (SSSR count). The zero-order valence-electron chi connectivity index (χ0n) is 33.6. The molecule has 0 bridgehead atoms. The summed E-state index contributed by atoms with van der Waals surface area (Å²) in [5.74, 6) is 0. The molecule has 9 aromatic rings. The van der Waals surface area contributed by atoms with Gasteiger partial charge in [-0.3, -0.25) is 0 Å². The Labute approximate surface area is 264 Å². The van der Waals surface area contributed by atoms with Gasteiger partial charge in [-0.05, 0) is 95.9 Å². The number of fused-ring (bicyclic) bond motifs is 6. The van der Waals surface area contributed by atoms with E-state index >= 15 is 0 Å². The predicted octanol–water partition coefficient (Wildman–Crippen LogP) is 12.0. The Hall–Kier alpha value is -5.66. The van der Waals surface area contributed by atoms with E-state index in [9.17, 15) is 4.11 Å². The molecule has 1 heteroatoms. The molecule has 1 heterocycles. The van der Waals surface area contributed by atoms with Crippen molar-refractivity contribution in [2.75, 3.05) is 0 Å². The quantitative estimate of drug-likeness (QED) is 0.197. The van der Waals surface area contributed by atoms with E-state index < -0.39 is 59.5 Å². The minimum absolute atomic E-state index is 0.0209. The Balaban J connectivity index is 1.39. The van der Waals surface area contributed by atoms with Crippen molar-refractivity contribution in [2.24, 2.45) is 0 Å². The minimum atomic E-state index is -0.655. The molecule has 1 aromatic heterocycles. The Kier molecular flexibility index (Phi) is 3.41. The second-order valence-electron chi connectivity index (χ2n) is 10.4. The first-order valence-electron chi connectivity index (χ1n) is 19.4. The summed E-state index contributed by atoms with van der Waals surface area (Å²) in [4.78, 5) is 0. The van der Waals surface area contributed by atoms with Gasteiger partial charge < -0.3 is 4.42 Å². The molecule has 0 aliphatic carbocycles. The van der Waals surface area contributed by atoms with Crippen LogP contribution in [0.5, 0.6) is 0 Å². The van der Waals surface area contributed by atoms with Gasteiger partial charge in [0, 0.05) is 10.8 Å². The van der Waals surface area contributed by atoms with E-state index in [-0.39, 0.29) is 45.6 Å². The van der Waals surface area contributed by atoms with Crippen molar-refractivity contribution in [1.82, 2.24) is 0 Å². The molecule has 0 fully saturated rings. The highest BCUT2D eigenvalue weighted by atomic mass is 16.3. The van der Waals surface area contributed by atoms with Crippen LogP contribution in [0, 0.1) is 0 Å². The van der Waals surface area contributed by atoms with Gasteiger partial charge in [0.25, 0.3) is 0 Å². The summed E-state index contributed by atoms with van der Waals surface area (Å²) >= 11 is 0. The van der Waals surface area contributed by atoms with E-state index in [1.165, 1.54) is 0 Å². The molecule has 0 aliphatic rings. The molecule has 0 atom stereocenters. The topological polar surface area (TPSA) is 13.1 Å². The van der Waals surface area contributed by atoms with E-state index in [1.54, 1.807) is 0 Å². The molecule has 0 spiro atoms. The summed E-state index contributed by atoms with van der Waals surface area (Å²) in [7, 11) is 0. The highest BCUT2D eigenvalue weighted by molar-refractivity contribution is 6.22. The van der Waals surface area contributed by atoms with Gasteiger partial charge in [-0.2, -0.15) is 0 Å². The lowest BCUT2D eigenvalue weighted by molar-refractivity contribution is 0.669. The van der Waals surface area contributed by atoms with Crippen molar-refractivity contribution < 1.29 is 19.5 Å². The molecule has 1 nitrogen and oxygen atoms in total. The summed E-state index contributed by atoms with van der Waals surface area (Å²) in [6.45, 7) is 0. The fourth-order valence-electron chi connectivity index (χ4n) is 6.07. The van der Waals surface area contributed by atoms with Crippen LogP contribution < -0.4 is 0 Å². The Morgan fingerprint density at radius 1 is 0.395 bits per heavy atom. The van der Waals surface area contributed by atoms with Crippen LogP contribution >= 0.6 is 0 Å². The van der Waals surface area contributed by atoms with Crippen molar-refractivity contribution in [3.63, 3.8) is 0 Å². The number of hydrogen-bond donors (Lipinski definition) is 0. The largest absolute Gasteiger partial charge is 0.456 e. The van der Waals surface area contributed by atoms with E-state index in [0.717, 1.165) is 43.4 Å². The Morgan fingerprint density at radius 2 is 1.02 bits per heavy atom. The minimum Gasteiger partial charge on any atom is -0.456 e. The van der Waals surface area contributed by atoms with Crippen LogP contribution in [0.2, 0.25) is 0 Å². The molecule has 8 aromatic carbocycles. The van der Waals surface area contributed by atoms with E-state index in [1.807, 2.05) is 60.7 Å². The van der Waals surface area contributed by atoms with E-state index in [0.29, 0.717) is 5.56 Å². The summed E-state index contributed by atoms with van der Waals surface area (Å²) in [6, 6.07) is 24.2. The van der Waals surface area contributed by atoms with E-state index in [4.69, 9.17) is 15.4 Å². The third-order valence-electron chi connectivity index (χ3n) is 7.98. The molecule has 0 radical (unpaired) electrons. The number of furan rings is 1. The van der Waals surface area contributed by atoms with Crippen molar-refractivity contribution in [3.8, 4) is 33.4 Å². The lowest BCUT2D eigenvalue weighted by Gasteiger charge is -2.18. The SMILES string of the molecule is [2H]c1c([2H])c([2H])c(-c2c([2H])c([2H])c3c(oc4c([2H])c([2H])c(-c5c6ccccc6c(-c6ccc7ccccc7c6)c6ccccc56)c([2H])c43)c2[2H])c([2H])c1[2H]. The van der Waals surface area contributed by atoms with Crippen LogP contribution in [0.15, 0.2) is 162 Å². The van der Waals surface area contributed by atoms with Gasteiger partial charge in [-0.15, -0.1) is 0 Å². The monoisotopic (exact) mass is 557 g/mol.